The number of anilines is 1. The molecule has 0 aliphatic carbocycles. The van der Waals surface area contributed by atoms with Crippen LogP contribution in [0.4, 0.5) is 5.69 Å². The van der Waals surface area contributed by atoms with E-state index in [4.69, 9.17) is 0 Å². The molecule has 0 spiro atoms. The Hall–Kier alpha value is -2.45. The van der Waals surface area contributed by atoms with Crippen molar-refractivity contribution in [2.45, 2.75) is 31.7 Å². The molecular weight excluding hydrogens is 356 g/mol. The van der Waals surface area contributed by atoms with Crippen molar-refractivity contribution >= 4 is 38.4 Å². The van der Waals surface area contributed by atoms with Crippen LogP contribution in [0, 0.1) is 5.92 Å². The summed E-state index contributed by atoms with van der Waals surface area (Å²) >= 11 is 0. The molecule has 2 N–H and O–H groups in total. The fourth-order valence-electron chi connectivity index (χ4n) is 3.27. The van der Waals surface area contributed by atoms with Crippen molar-refractivity contribution in [3.8, 4) is 0 Å². The van der Waals surface area contributed by atoms with E-state index in [1.54, 1.807) is 43.0 Å². The van der Waals surface area contributed by atoms with Gasteiger partial charge in [0.05, 0.1) is 10.6 Å². The molecule has 1 aliphatic heterocycles. The van der Waals surface area contributed by atoms with Gasteiger partial charge in [0.25, 0.3) is 5.91 Å². The lowest BCUT2D eigenvalue weighted by molar-refractivity contribution is -0.140. The topological polar surface area (TPSA) is 104 Å². The normalized spacial score (nSPS) is 15.1. The van der Waals surface area contributed by atoms with Crippen molar-refractivity contribution < 1.29 is 23.1 Å². The van der Waals surface area contributed by atoms with Crippen LogP contribution in [-0.2, 0) is 14.8 Å². The summed E-state index contributed by atoms with van der Waals surface area (Å²) < 4.78 is 28.0. The number of rotatable bonds is 6. The van der Waals surface area contributed by atoms with Crippen molar-refractivity contribution in [3.05, 3.63) is 35.9 Å². The summed E-state index contributed by atoms with van der Waals surface area (Å²) in [6.45, 7) is 5.59. The Kier molecular flexibility index (Phi) is 4.49. The Morgan fingerprint density at radius 3 is 2.50 bits per heavy atom. The first-order valence-corrected chi connectivity index (χ1v) is 9.80. The van der Waals surface area contributed by atoms with Gasteiger partial charge in [0.15, 0.2) is 0 Å². The molecule has 26 heavy (non-hydrogen) atoms. The second-order valence-electron chi connectivity index (χ2n) is 6.54. The van der Waals surface area contributed by atoms with Crippen LogP contribution >= 0.6 is 0 Å². The molecule has 2 aromatic carbocycles. The fraction of sp³-hybridized carbons (Fsp3) is 0.333. The highest BCUT2D eigenvalue weighted by Gasteiger charge is 2.33. The third-order valence-corrected chi connectivity index (χ3v) is 6.06. The van der Waals surface area contributed by atoms with Crippen LogP contribution < -0.4 is 9.62 Å². The predicted molar refractivity (Wildman–Crippen MR) is 97.9 cm³/mol. The minimum Gasteiger partial charge on any atom is -0.480 e. The molecule has 1 atom stereocenters. The lowest BCUT2D eigenvalue weighted by Crippen LogP contribution is -2.44. The molecule has 3 rings (SSSR count). The molecular formula is C18H20N2O5S. The molecule has 7 nitrogen and oxygen atoms in total. The van der Waals surface area contributed by atoms with Crippen LogP contribution in [0.1, 0.15) is 31.1 Å². The molecule has 0 radical (unpaired) electrons. The first-order chi connectivity index (χ1) is 12.2. The lowest BCUT2D eigenvalue weighted by atomic mass is 10.1. The summed E-state index contributed by atoms with van der Waals surface area (Å²) in [6.07, 6.45) is 0. The van der Waals surface area contributed by atoms with E-state index in [1.807, 2.05) is 6.92 Å². The molecule has 0 saturated heterocycles. The monoisotopic (exact) mass is 376 g/mol. The Labute approximate surface area is 151 Å². The SMILES string of the molecule is CCN1C(=O)c2cccc3c(S(=O)(=O)NC(C(=O)O)C(C)C)ccc1c23. The molecule has 1 aliphatic rings. The number of sulfonamides is 1. The van der Waals surface area contributed by atoms with Gasteiger partial charge in [-0.15, -0.1) is 0 Å². The smallest absolute Gasteiger partial charge is 0.322 e. The van der Waals surface area contributed by atoms with E-state index in [1.165, 1.54) is 6.07 Å². The minimum absolute atomic E-state index is 0.0317. The highest BCUT2D eigenvalue weighted by atomic mass is 32.2. The van der Waals surface area contributed by atoms with Gasteiger partial charge in [-0.3, -0.25) is 9.59 Å². The van der Waals surface area contributed by atoms with Crippen LogP contribution in [0.25, 0.3) is 10.8 Å². The van der Waals surface area contributed by atoms with Gasteiger partial charge in [0, 0.05) is 22.9 Å². The number of carbonyl (C=O) groups is 2. The van der Waals surface area contributed by atoms with E-state index in [0.717, 1.165) is 0 Å². The van der Waals surface area contributed by atoms with Crippen LogP contribution in [0.5, 0.6) is 0 Å². The van der Waals surface area contributed by atoms with Crippen molar-refractivity contribution in [2.75, 3.05) is 11.4 Å². The molecule has 0 fully saturated rings. The predicted octanol–water partition coefficient (Wildman–Crippen LogP) is 2.21. The first-order valence-electron chi connectivity index (χ1n) is 8.31. The Morgan fingerprint density at radius 2 is 1.92 bits per heavy atom. The standard InChI is InChI=1S/C18H20N2O5S/c1-4-20-13-8-9-14(11-6-5-7-12(15(11)13)17(20)21)26(24,25)19-16(10(2)3)18(22)23/h5-10,16,19H,4H2,1-3H3,(H,22,23). The van der Waals surface area contributed by atoms with Gasteiger partial charge in [0.1, 0.15) is 6.04 Å². The Morgan fingerprint density at radius 1 is 1.23 bits per heavy atom. The van der Waals surface area contributed by atoms with Crippen LogP contribution in [0.15, 0.2) is 35.2 Å². The average molecular weight is 376 g/mol. The number of carboxylic acid groups (broad SMARTS) is 1. The maximum Gasteiger partial charge on any atom is 0.322 e. The van der Waals surface area contributed by atoms with E-state index >= 15 is 0 Å². The molecule has 0 saturated carbocycles. The Bertz CT molecular complexity index is 1010. The van der Waals surface area contributed by atoms with E-state index in [-0.39, 0.29) is 10.8 Å². The van der Waals surface area contributed by atoms with E-state index < -0.39 is 28.0 Å². The third kappa shape index (κ3) is 2.75. The molecule has 138 valence electrons. The second-order valence-corrected chi connectivity index (χ2v) is 8.22. The molecule has 0 bridgehead atoms. The van der Waals surface area contributed by atoms with Gasteiger partial charge < -0.3 is 10.0 Å². The second kappa shape index (κ2) is 6.37. The van der Waals surface area contributed by atoms with Gasteiger partial charge in [-0.05, 0) is 31.0 Å². The Balaban J connectivity index is 2.18. The van der Waals surface area contributed by atoms with Crippen molar-refractivity contribution in [2.24, 2.45) is 5.92 Å². The zero-order valence-corrected chi connectivity index (χ0v) is 15.5. The summed E-state index contributed by atoms with van der Waals surface area (Å²) in [5, 5.41) is 10.3. The van der Waals surface area contributed by atoms with Crippen LogP contribution in [0.2, 0.25) is 0 Å². The average Bonchev–Trinajstić information content (AvgIpc) is 2.86. The molecule has 1 amide bonds. The van der Waals surface area contributed by atoms with Gasteiger partial charge in [-0.2, -0.15) is 4.72 Å². The maximum absolute atomic E-state index is 12.9. The summed E-state index contributed by atoms with van der Waals surface area (Å²) in [5.41, 5.74) is 1.12. The quantitative estimate of drug-likeness (QED) is 0.804. The zero-order chi connectivity index (χ0) is 19.2. The van der Waals surface area contributed by atoms with Crippen LogP contribution in [0.3, 0.4) is 0 Å². The van der Waals surface area contributed by atoms with E-state index in [0.29, 0.717) is 28.6 Å². The van der Waals surface area contributed by atoms with Gasteiger partial charge >= 0.3 is 5.97 Å². The molecule has 1 unspecified atom stereocenters. The number of nitrogens with zero attached hydrogens (tertiary/aromatic N) is 1. The zero-order valence-electron chi connectivity index (χ0n) is 14.7. The summed E-state index contributed by atoms with van der Waals surface area (Å²) in [4.78, 5) is 25.4. The number of hydrogen-bond donors (Lipinski definition) is 2. The summed E-state index contributed by atoms with van der Waals surface area (Å²) in [7, 11) is -4.08. The fourth-order valence-corrected chi connectivity index (χ4v) is 4.81. The van der Waals surface area contributed by atoms with Gasteiger partial charge in [-0.1, -0.05) is 26.0 Å². The number of amides is 1. The molecule has 0 aromatic heterocycles. The number of benzene rings is 2. The summed E-state index contributed by atoms with van der Waals surface area (Å²) in [5.74, 6) is -1.82. The van der Waals surface area contributed by atoms with Gasteiger partial charge in [-0.25, -0.2) is 8.42 Å². The molecule has 2 aromatic rings. The lowest BCUT2D eigenvalue weighted by Gasteiger charge is -2.19. The third-order valence-electron chi connectivity index (χ3n) is 4.57. The minimum atomic E-state index is -4.08. The number of aliphatic carboxylic acids is 1. The molecule has 8 heteroatoms. The highest BCUT2D eigenvalue weighted by molar-refractivity contribution is 7.89. The molecule has 1 heterocycles. The highest BCUT2D eigenvalue weighted by Crippen LogP contribution is 2.39. The van der Waals surface area contributed by atoms with Crippen molar-refractivity contribution in [1.82, 2.24) is 4.72 Å². The largest absolute Gasteiger partial charge is 0.480 e. The van der Waals surface area contributed by atoms with E-state index in [9.17, 15) is 23.1 Å². The number of carboxylic acids is 1. The maximum atomic E-state index is 12.9. The van der Waals surface area contributed by atoms with Crippen molar-refractivity contribution in [1.29, 1.82) is 0 Å². The number of hydrogen-bond acceptors (Lipinski definition) is 4. The number of nitrogens with one attached hydrogen (secondary N) is 1. The summed E-state index contributed by atoms with van der Waals surface area (Å²) in [6, 6.07) is 6.71. The van der Waals surface area contributed by atoms with Gasteiger partial charge in [0.2, 0.25) is 10.0 Å². The van der Waals surface area contributed by atoms with Crippen molar-refractivity contribution in [3.63, 3.8) is 0 Å². The van der Waals surface area contributed by atoms with E-state index in [2.05, 4.69) is 4.72 Å². The van der Waals surface area contributed by atoms with Crippen LogP contribution in [-0.4, -0.2) is 38.0 Å². The first kappa shape index (κ1) is 18.3. The number of carbonyl (C=O) groups excluding carboxylic acids is 1.